The fourth-order valence-corrected chi connectivity index (χ4v) is 2.68. The van der Waals surface area contributed by atoms with Crippen LogP contribution in [0.4, 0.5) is 0 Å². The fraction of sp³-hybridized carbons (Fsp3) is 0.333. The topological polar surface area (TPSA) is 66.0 Å². The molecule has 0 aliphatic heterocycles. The summed E-state index contributed by atoms with van der Waals surface area (Å²) in [6, 6.07) is 9.41. The molecule has 0 amide bonds. The molecule has 0 radical (unpaired) electrons. The Morgan fingerprint density at radius 3 is 2.55 bits per heavy atom. The number of nitrogens with zero attached hydrogens (tertiary/aromatic N) is 1. The van der Waals surface area contributed by atoms with E-state index in [1.165, 1.54) is 5.56 Å². The van der Waals surface area contributed by atoms with Crippen LogP contribution in [-0.4, -0.2) is 15.1 Å². The van der Waals surface area contributed by atoms with E-state index in [0.717, 1.165) is 29.3 Å². The number of nitrogens with one attached hydrogen (secondary N) is 1. The van der Waals surface area contributed by atoms with Crippen LogP contribution < -0.4 is 5.56 Å². The summed E-state index contributed by atoms with van der Waals surface area (Å²) in [5.41, 5.74) is 2.86. The van der Waals surface area contributed by atoms with Crippen molar-refractivity contribution < 1.29 is 5.11 Å². The zero-order chi connectivity index (χ0) is 14.4. The van der Waals surface area contributed by atoms with Crippen LogP contribution in [0, 0.1) is 0 Å². The first-order valence-electron chi connectivity index (χ1n) is 6.56. The third-order valence-electron chi connectivity index (χ3n) is 2.92. The summed E-state index contributed by atoms with van der Waals surface area (Å²) in [5.74, 6) is 2.27. The number of benzene rings is 1. The number of aliphatic hydroxyl groups is 1. The SMILES string of the molecule is CCc1cc(=O)[nH]c(CSCc2ccc(CO)cc2)n1. The van der Waals surface area contributed by atoms with Gasteiger partial charge in [0.1, 0.15) is 5.82 Å². The second kappa shape index (κ2) is 7.26. The zero-order valence-electron chi connectivity index (χ0n) is 11.4. The van der Waals surface area contributed by atoms with Crippen LogP contribution in [-0.2, 0) is 24.5 Å². The van der Waals surface area contributed by atoms with Crippen LogP contribution >= 0.6 is 11.8 Å². The average molecular weight is 290 g/mol. The van der Waals surface area contributed by atoms with Gasteiger partial charge in [0.15, 0.2) is 0 Å². The zero-order valence-corrected chi connectivity index (χ0v) is 12.2. The van der Waals surface area contributed by atoms with Crippen molar-refractivity contribution in [1.82, 2.24) is 9.97 Å². The van der Waals surface area contributed by atoms with Gasteiger partial charge in [-0.2, -0.15) is 0 Å². The third kappa shape index (κ3) is 4.21. The molecule has 0 saturated carbocycles. The van der Waals surface area contributed by atoms with Crippen molar-refractivity contribution in [3.8, 4) is 0 Å². The Bertz CT molecular complexity index is 608. The lowest BCUT2D eigenvalue weighted by Crippen LogP contribution is -2.11. The molecular weight excluding hydrogens is 272 g/mol. The summed E-state index contributed by atoms with van der Waals surface area (Å²) in [5, 5.41) is 8.98. The average Bonchev–Trinajstić information content (AvgIpc) is 2.47. The minimum atomic E-state index is -0.0836. The van der Waals surface area contributed by atoms with Crippen molar-refractivity contribution in [3.63, 3.8) is 0 Å². The highest BCUT2D eigenvalue weighted by atomic mass is 32.2. The number of thioether (sulfide) groups is 1. The van der Waals surface area contributed by atoms with E-state index in [1.807, 2.05) is 31.2 Å². The number of aromatic nitrogens is 2. The molecule has 0 atom stereocenters. The Labute approximate surface area is 122 Å². The molecule has 20 heavy (non-hydrogen) atoms. The number of rotatable bonds is 6. The van der Waals surface area contributed by atoms with Gasteiger partial charge in [0, 0.05) is 17.5 Å². The highest BCUT2D eigenvalue weighted by Gasteiger charge is 2.01. The summed E-state index contributed by atoms with van der Waals surface area (Å²) < 4.78 is 0. The highest BCUT2D eigenvalue weighted by Crippen LogP contribution is 2.16. The van der Waals surface area contributed by atoms with E-state index < -0.39 is 0 Å². The number of hydrogen-bond acceptors (Lipinski definition) is 4. The van der Waals surface area contributed by atoms with Gasteiger partial charge >= 0.3 is 0 Å². The normalized spacial score (nSPS) is 10.7. The molecule has 2 N–H and O–H groups in total. The molecule has 5 heteroatoms. The van der Waals surface area contributed by atoms with Crippen LogP contribution in [0.25, 0.3) is 0 Å². The summed E-state index contributed by atoms with van der Waals surface area (Å²) in [6.45, 7) is 2.06. The van der Waals surface area contributed by atoms with E-state index in [0.29, 0.717) is 5.75 Å². The lowest BCUT2D eigenvalue weighted by Gasteiger charge is -2.04. The first-order chi connectivity index (χ1) is 9.71. The van der Waals surface area contributed by atoms with Crippen LogP contribution in [0.5, 0.6) is 0 Å². The number of aromatic amines is 1. The highest BCUT2D eigenvalue weighted by molar-refractivity contribution is 7.97. The molecule has 0 aliphatic carbocycles. The number of hydrogen-bond donors (Lipinski definition) is 2. The Morgan fingerprint density at radius 1 is 1.20 bits per heavy atom. The molecule has 1 aromatic heterocycles. The number of aryl methyl sites for hydroxylation is 1. The van der Waals surface area contributed by atoms with E-state index in [2.05, 4.69) is 9.97 Å². The predicted octanol–water partition coefficient (Wildman–Crippen LogP) is 2.26. The van der Waals surface area contributed by atoms with Gasteiger partial charge in [0.25, 0.3) is 5.56 Å². The Hall–Kier alpha value is -1.59. The van der Waals surface area contributed by atoms with Gasteiger partial charge in [-0.1, -0.05) is 31.2 Å². The number of aliphatic hydroxyl groups excluding tert-OH is 1. The standard InChI is InChI=1S/C15H18N2O2S/c1-2-13-7-15(19)17-14(16-13)10-20-9-12-5-3-11(8-18)4-6-12/h3-7,18H,2,8-10H2,1H3,(H,16,17,19). The quantitative estimate of drug-likeness (QED) is 0.856. The summed E-state index contributed by atoms with van der Waals surface area (Å²) in [6.07, 6.45) is 0.768. The molecule has 0 unspecified atom stereocenters. The van der Waals surface area contributed by atoms with Gasteiger partial charge in [-0.25, -0.2) is 4.98 Å². The molecule has 0 saturated heterocycles. The Kier molecular flexibility index (Phi) is 5.38. The van der Waals surface area contributed by atoms with Gasteiger partial charge in [-0.3, -0.25) is 4.79 Å². The van der Waals surface area contributed by atoms with E-state index >= 15 is 0 Å². The summed E-state index contributed by atoms with van der Waals surface area (Å²) in [4.78, 5) is 18.6. The lowest BCUT2D eigenvalue weighted by molar-refractivity contribution is 0.282. The fourth-order valence-electron chi connectivity index (χ4n) is 1.82. The van der Waals surface area contributed by atoms with E-state index in [4.69, 9.17) is 5.11 Å². The predicted molar refractivity (Wildman–Crippen MR) is 81.6 cm³/mol. The molecule has 106 valence electrons. The van der Waals surface area contributed by atoms with Gasteiger partial charge in [0.2, 0.25) is 0 Å². The lowest BCUT2D eigenvalue weighted by atomic mass is 10.2. The molecule has 0 fully saturated rings. The van der Waals surface area contributed by atoms with Crippen molar-refractivity contribution in [2.45, 2.75) is 31.5 Å². The maximum Gasteiger partial charge on any atom is 0.251 e. The van der Waals surface area contributed by atoms with Crippen LogP contribution in [0.3, 0.4) is 0 Å². The largest absolute Gasteiger partial charge is 0.392 e. The van der Waals surface area contributed by atoms with Crippen LogP contribution in [0.15, 0.2) is 35.1 Å². The first kappa shape index (κ1) is 14.8. The molecule has 0 spiro atoms. The van der Waals surface area contributed by atoms with Crippen molar-refractivity contribution in [3.05, 3.63) is 63.3 Å². The second-order valence-corrected chi connectivity index (χ2v) is 5.49. The first-order valence-corrected chi connectivity index (χ1v) is 7.72. The molecule has 2 rings (SSSR count). The smallest absolute Gasteiger partial charge is 0.251 e. The van der Waals surface area contributed by atoms with Gasteiger partial charge in [-0.05, 0) is 17.5 Å². The molecule has 1 heterocycles. The van der Waals surface area contributed by atoms with Gasteiger partial charge in [0.05, 0.1) is 12.4 Å². The molecular formula is C15H18N2O2S. The van der Waals surface area contributed by atoms with Gasteiger partial charge < -0.3 is 10.1 Å². The maximum absolute atomic E-state index is 11.4. The van der Waals surface area contributed by atoms with E-state index in [9.17, 15) is 4.79 Å². The van der Waals surface area contributed by atoms with Crippen molar-refractivity contribution in [2.75, 3.05) is 0 Å². The minimum absolute atomic E-state index is 0.0718. The molecule has 4 nitrogen and oxygen atoms in total. The summed E-state index contributed by atoms with van der Waals surface area (Å²) in [7, 11) is 0. The molecule has 0 bridgehead atoms. The monoisotopic (exact) mass is 290 g/mol. The van der Waals surface area contributed by atoms with E-state index in [1.54, 1.807) is 17.8 Å². The molecule has 1 aromatic carbocycles. The minimum Gasteiger partial charge on any atom is -0.392 e. The molecule has 2 aromatic rings. The Balaban J connectivity index is 1.92. The maximum atomic E-state index is 11.4. The van der Waals surface area contributed by atoms with E-state index in [-0.39, 0.29) is 12.2 Å². The Morgan fingerprint density at radius 2 is 1.90 bits per heavy atom. The van der Waals surface area contributed by atoms with Crippen molar-refractivity contribution >= 4 is 11.8 Å². The molecule has 0 aliphatic rings. The second-order valence-electron chi connectivity index (χ2n) is 4.50. The van der Waals surface area contributed by atoms with Crippen molar-refractivity contribution in [1.29, 1.82) is 0 Å². The van der Waals surface area contributed by atoms with Crippen molar-refractivity contribution in [2.24, 2.45) is 0 Å². The van der Waals surface area contributed by atoms with Crippen LogP contribution in [0.2, 0.25) is 0 Å². The third-order valence-corrected chi connectivity index (χ3v) is 3.93. The number of H-pyrrole nitrogens is 1. The van der Waals surface area contributed by atoms with Crippen LogP contribution in [0.1, 0.15) is 29.6 Å². The summed E-state index contributed by atoms with van der Waals surface area (Å²) >= 11 is 1.71. The van der Waals surface area contributed by atoms with Gasteiger partial charge in [-0.15, -0.1) is 11.8 Å².